The highest BCUT2D eigenvalue weighted by atomic mass is 32.1. The van der Waals surface area contributed by atoms with Crippen molar-refractivity contribution >= 4 is 28.3 Å². The predicted molar refractivity (Wildman–Crippen MR) is 79.6 cm³/mol. The quantitative estimate of drug-likeness (QED) is 0.725. The van der Waals surface area contributed by atoms with Crippen LogP contribution in [-0.4, -0.2) is 34.8 Å². The Hall–Kier alpha value is -1.99. The Labute approximate surface area is 125 Å². The first-order chi connectivity index (χ1) is 10.3. The third-order valence-electron chi connectivity index (χ3n) is 3.65. The predicted octanol–water partition coefficient (Wildman–Crippen LogP) is 2.57. The first-order valence-electron chi connectivity index (χ1n) is 6.80. The molecule has 0 spiro atoms. The molecule has 1 aliphatic rings. The maximum atomic E-state index is 5.88. The van der Waals surface area contributed by atoms with Crippen LogP contribution >= 0.6 is 11.3 Å². The Balaban J connectivity index is 1.70. The number of hydrogen-bond acceptors (Lipinski definition) is 7. The van der Waals surface area contributed by atoms with E-state index >= 15 is 0 Å². The van der Waals surface area contributed by atoms with Crippen molar-refractivity contribution in [2.45, 2.75) is 13.0 Å². The van der Waals surface area contributed by atoms with Crippen LogP contribution < -0.4 is 4.90 Å². The SMILES string of the molecule is Cc1noc2ncnc(N3CCOC(c4cccs4)C3)c12. The molecule has 0 N–H and O–H groups in total. The van der Waals surface area contributed by atoms with Crippen molar-refractivity contribution < 1.29 is 9.26 Å². The van der Waals surface area contributed by atoms with Crippen molar-refractivity contribution in [2.75, 3.05) is 24.6 Å². The highest BCUT2D eigenvalue weighted by Gasteiger charge is 2.26. The Morgan fingerprint density at radius 3 is 3.19 bits per heavy atom. The van der Waals surface area contributed by atoms with Gasteiger partial charge in [0.2, 0.25) is 0 Å². The lowest BCUT2D eigenvalue weighted by molar-refractivity contribution is 0.0419. The Morgan fingerprint density at radius 2 is 2.33 bits per heavy atom. The second-order valence-corrected chi connectivity index (χ2v) is 5.95. The fraction of sp³-hybridized carbons (Fsp3) is 0.357. The lowest BCUT2D eigenvalue weighted by atomic mass is 10.2. The van der Waals surface area contributed by atoms with Gasteiger partial charge in [0.15, 0.2) is 0 Å². The van der Waals surface area contributed by atoms with Gasteiger partial charge in [0.25, 0.3) is 5.71 Å². The summed E-state index contributed by atoms with van der Waals surface area (Å²) in [6.07, 6.45) is 1.61. The van der Waals surface area contributed by atoms with E-state index in [1.54, 1.807) is 11.3 Å². The molecule has 4 rings (SSSR count). The zero-order valence-electron chi connectivity index (χ0n) is 11.5. The van der Waals surface area contributed by atoms with Crippen LogP contribution in [0.25, 0.3) is 11.1 Å². The summed E-state index contributed by atoms with van der Waals surface area (Å²) in [6, 6.07) is 4.16. The fourth-order valence-electron chi connectivity index (χ4n) is 2.63. The van der Waals surface area contributed by atoms with Crippen molar-refractivity contribution in [2.24, 2.45) is 0 Å². The molecule has 3 aromatic heterocycles. The average molecular weight is 302 g/mol. The number of hydrogen-bond donors (Lipinski definition) is 0. The summed E-state index contributed by atoms with van der Waals surface area (Å²) in [5, 5.41) is 6.95. The van der Waals surface area contributed by atoms with E-state index in [2.05, 4.69) is 37.5 Å². The number of rotatable bonds is 2. The summed E-state index contributed by atoms with van der Waals surface area (Å²) in [4.78, 5) is 12.0. The van der Waals surface area contributed by atoms with Crippen LogP contribution in [-0.2, 0) is 4.74 Å². The van der Waals surface area contributed by atoms with E-state index in [-0.39, 0.29) is 6.10 Å². The first-order valence-corrected chi connectivity index (χ1v) is 7.68. The summed E-state index contributed by atoms with van der Waals surface area (Å²) in [7, 11) is 0. The van der Waals surface area contributed by atoms with Crippen LogP contribution in [0.5, 0.6) is 0 Å². The number of aromatic nitrogens is 3. The minimum atomic E-state index is 0.0870. The second kappa shape index (κ2) is 5.09. The molecule has 0 bridgehead atoms. The lowest BCUT2D eigenvalue weighted by Gasteiger charge is -2.33. The fourth-order valence-corrected chi connectivity index (χ4v) is 3.40. The van der Waals surface area contributed by atoms with Crippen LogP contribution in [0, 0.1) is 6.92 Å². The van der Waals surface area contributed by atoms with Gasteiger partial charge >= 0.3 is 0 Å². The van der Waals surface area contributed by atoms with Gasteiger partial charge in [-0.05, 0) is 18.4 Å². The number of fused-ring (bicyclic) bond motifs is 1. The zero-order valence-corrected chi connectivity index (χ0v) is 12.3. The molecule has 21 heavy (non-hydrogen) atoms. The number of thiophene rings is 1. The van der Waals surface area contributed by atoms with Gasteiger partial charge < -0.3 is 14.2 Å². The molecule has 0 radical (unpaired) electrons. The molecule has 1 aliphatic heterocycles. The van der Waals surface area contributed by atoms with E-state index < -0.39 is 0 Å². The third-order valence-corrected chi connectivity index (χ3v) is 4.61. The third kappa shape index (κ3) is 2.18. The van der Waals surface area contributed by atoms with Gasteiger partial charge in [-0.1, -0.05) is 11.2 Å². The molecular weight excluding hydrogens is 288 g/mol. The van der Waals surface area contributed by atoms with Gasteiger partial charge in [-0.2, -0.15) is 4.98 Å². The molecule has 1 saturated heterocycles. The van der Waals surface area contributed by atoms with Gasteiger partial charge in [0.1, 0.15) is 23.6 Å². The van der Waals surface area contributed by atoms with E-state index in [4.69, 9.17) is 9.26 Å². The molecule has 1 atom stereocenters. The highest BCUT2D eigenvalue weighted by Crippen LogP contribution is 2.31. The molecule has 0 saturated carbocycles. The first kappa shape index (κ1) is 12.7. The van der Waals surface area contributed by atoms with Crippen LogP contribution in [0.2, 0.25) is 0 Å². The monoisotopic (exact) mass is 302 g/mol. The molecule has 1 fully saturated rings. The van der Waals surface area contributed by atoms with Crippen molar-refractivity contribution in [3.05, 3.63) is 34.4 Å². The van der Waals surface area contributed by atoms with Gasteiger partial charge in [0.05, 0.1) is 18.8 Å². The minimum absolute atomic E-state index is 0.0870. The number of anilines is 1. The molecule has 0 aromatic carbocycles. The molecule has 7 heteroatoms. The maximum Gasteiger partial charge on any atom is 0.263 e. The van der Waals surface area contributed by atoms with Crippen LogP contribution in [0.1, 0.15) is 16.7 Å². The number of aryl methyl sites for hydroxylation is 1. The number of nitrogens with zero attached hydrogens (tertiary/aromatic N) is 4. The molecular formula is C14H14N4O2S. The largest absolute Gasteiger partial charge is 0.369 e. The van der Waals surface area contributed by atoms with Crippen LogP contribution in [0.15, 0.2) is 28.4 Å². The summed E-state index contributed by atoms with van der Waals surface area (Å²) < 4.78 is 11.1. The van der Waals surface area contributed by atoms with E-state index in [9.17, 15) is 0 Å². The molecule has 0 aliphatic carbocycles. The zero-order chi connectivity index (χ0) is 14.2. The lowest BCUT2D eigenvalue weighted by Crippen LogP contribution is -2.38. The molecule has 3 aromatic rings. The van der Waals surface area contributed by atoms with Gasteiger partial charge in [-0.25, -0.2) is 4.98 Å². The number of morpholine rings is 1. The number of ether oxygens (including phenoxy) is 1. The van der Waals surface area contributed by atoms with E-state index in [0.717, 1.165) is 30.0 Å². The second-order valence-electron chi connectivity index (χ2n) is 4.97. The molecule has 0 amide bonds. The highest BCUT2D eigenvalue weighted by molar-refractivity contribution is 7.10. The Bertz CT molecular complexity index is 756. The summed E-state index contributed by atoms with van der Waals surface area (Å²) in [6.45, 7) is 4.17. The summed E-state index contributed by atoms with van der Waals surface area (Å²) in [5.41, 5.74) is 1.36. The molecule has 1 unspecified atom stereocenters. The molecule has 108 valence electrons. The van der Waals surface area contributed by atoms with Crippen LogP contribution in [0.4, 0.5) is 5.82 Å². The standard InChI is InChI=1S/C14H14N4O2S/c1-9-12-13(15-8-16-14(12)20-17-9)18-4-5-19-10(7-18)11-3-2-6-21-11/h2-3,6,8,10H,4-5,7H2,1H3. The Morgan fingerprint density at radius 1 is 1.38 bits per heavy atom. The molecule has 6 nitrogen and oxygen atoms in total. The van der Waals surface area contributed by atoms with Crippen molar-refractivity contribution in [3.8, 4) is 0 Å². The van der Waals surface area contributed by atoms with Crippen molar-refractivity contribution in [1.29, 1.82) is 0 Å². The van der Waals surface area contributed by atoms with E-state index in [0.29, 0.717) is 12.3 Å². The Kier molecular flexibility index (Phi) is 3.08. The average Bonchev–Trinajstić information content (AvgIpc) is 3.18. The van der Waals surface area contributed by atoms with Gasteiger partial charge in [-0.15, -0.1) is 11.3 Å². The normalized spacial score (nSPS) is 19.3. The van der Waals surface area contributed by atoms with E-state index in [1.807, 2.05) is 6.92 Å². The van der Waals surface area contributed by atoms with Crippen molar-refractivity contribution in [1.82, 2.24) is 15.1 Å². The topological polar surface area (TPSA) is 64.3 Å². The van der Waals surface area contributed by atoms with Gasteiger partial charge in [0, 0.05) is 11.4 Å². The minimum Gasteiger partial charge on any atom is -0.369 e. The molecule has 4 heterocycles. The summed E-state index contributed by atoms with van der Waals surface area (Å²) in [5.74, 6) is 0.878. The van der Waals surface area contributed by atoms with E-state index in [1.165, 1.54) is 11.2 Å². The smallest absolute Gasteiger partial charge is 0.263 e. The van der Waals surface area contributed by atoms with Crippen LogP contribution in [0.3, 0.4) is 0 Å². The summed E-state index contributed by atoms with van der Waals surface area (Å²) >= 11 is 1.72. The van der Waals surface area contributed by atoms with Gasteiger partial charge in [-0.3, -0.25) is 0 Å². The van der Waals surface area contributed by atoms with Crippen molar-refractivity contribution in [3.63, 3.8) is 0 Å². The maximum absolute atomic E-state index is 5.88.